The Morgan fingerprint density at radius 2 is 1.77 bits per heavy atom. The molecule has 0 bridgehead atoms. The summed E-state index contributed by atoms with van der Waals surface area (Å²) >= 11 is 7.43. The molecule has 2 aromatic heterocycles. The summed E-state index contributed by atoms with van der Waals surface area (Å²) in [5.41, 5.74) is 1.73. The van der Waals surface area contributed by atoms with E-state index in [9.17, 15) is 9.90 Å². The minimum atomic E-state index is -0.946. The fourth-order valence-corrected chi connectivity index (χ4v) is 4.72. The number of thioether (sulfide) groups is 1. The lowest BCUT2D eigenvalue weighted by molar-refractivity contribution is -0.0218. The highest BCUT2D eigenvalue weighted by Gasteiger charge is 2.36. The van der Waals surface area contributed by atoms with Crippen LogP contribution in [0.25, 0.3) is 0 Å². The van der Waals surface area contributed by atoms with E-state index in [1.807, 2.05) is 38.1 Å². The zero-order valence-electron chi connectivity index (χ0n) is 17.5. The molecule has 0 radical (unpaired) electrons. The standard InChI is InChI=1S/C23H24ClN3O3S/c1-15-13-16(2)26-22(25-15)31-14-19-7-8-20(30-19)21(28)27-11-9-23(29,10-12-27)17-3-5-18(24)6-4-17/h3-8,13,29H,9-12,14H2,1-2H3. The molecule has 1 aromatic carbocycles. The summed E-state index contributed by atoms with van der Waals surface area (Å²) in [7, 11) is 0. The molecule has 3 aromatic rings. The number of piperidine rings is 1. The molecule has 0 unspecified atom stereocenters. The first kappa shape index (κ1) is 21.9. The van der Waals surface area contributed by atoms with E-state index in [4.69, 9.17) is 16.0 Å². The molecule has 0 spiro atoms. The van der Waals surface area contributed by atoms with Crippen LogP contribution < -0.4 is 0 Å². The summed E-state index contributed by atoms with van der Waals surface area (Å²) in [6.45, 7) is 4.79. The summed E-state index contributed by atoms with van der Waals surface area (Å²) in [5.74, 6) is 1.41. The third-order valence-corrected chi connectivity index (χ3v) is 6.56. The van der Waals surface area contributed by atoms with E-state index < -0.39 is 5.60 Å². The Hall–Kier alpha value is -2.35. The van der Waals surface area contributed by atoms with E-state index in [1.165, 1.54) is 11.8 Å². The van der Waals surface area contributed by atoms with Gasteiger partial charge in [-0.25, -0.2) is 9.97 Å². The van der Waals surface area contributed by atoms with Crippen molar-refractivity contribution in [2.24, 2.45) is 0 Å². The summed E-state index contributed by atoms with van der Waals surface area (Å²) in [4.78, 5) is 23.4. The van der Waals surface area contributed by atoms with E-state index in [2.05, 4.69) is 9.97 Å². The largest absolute Gasteiger partial charge is 0.455 e. The quantitative estimate of drug-likeness (QED) is 0.439. The van der Waals surface area contributed by atoms with Gasteiger partial charge in [-0.2, -0.15) is 0 Å². The van der Waals surface area contributed by atoms with Gasteiger partial charge in [-0.05, 0) is 62.6 Å². The van der Waals surface area contributed by atoms with Gasteiger partial charge in [0.05, 0.1) is 11.4 Å². The maximum Gasteiger partial charge on any atom is 0.289 e. The van der Waals surface area contributed by atoms with Crippen molar-refractivity contribution in [1.29, 1.82) is 0 Å². The normalized spacial score (nSPS) is 15.8. The number of aromatic nitrogens is 2. The minimum Gasteiger partial charge on any atom is -0.455 e. The highest BCUT2D eigenvalue weighted by molar-refractivity contribution is 7.98. The molecule has 0 saturated carbocycles. The van der Waals surface area contributed by atoms with E-state index in [0.717, 1.165) is 17.0 Å². The van der Waals surface area contributed by atoms with Crippen LogP contribution >= 0.6 is 23.4 Å². The predicted octanol–water partition coefficient (Wildman–Crippen LogP) is 4.76. The average Bonchev–Trinajstić information content (AvgIpc) is 3.21. The predicted molar refractivity (Wildman–Crippen MR) is 120 cm³/mol. The number of halogens is 1. The van der Waals surface area contributed by atoms with Gasteiger partial charge in [0.25, 0.3) is 5.91 Å². The third-order valence-electron chi connectivity index (χ3n) is 5.44. The SMILES string of the molecule is Cc1cc(C)nc(SCc2ccc(C(=O)N3CCC(O)(c4ccc(Cl)cc4)CC3)o2)n1. The Morgan fingerprint density at radius 3 is 2.42 bits per heavy atom. The number of carbonyl (C=O) groups is 1. The van der Waals surface area contributed by atoms with Crippen LogP contribution in [-0.2, 0) is 11.4 Å². The van der Waals surface area contributed by atoms with Gasteiger partial charge in [0, 0.05) is 29.5 Å². The molecule has 162 valence electrons. The van der Waals surface area contributed by atoms with Crippen molar-refractivity contribution in [1.82, 2.24) is 14.9 Å². The second kappa shape index (κ2) is 9.02. The Bertz CT molecular complexity index is 1060. The van der Waals surface area contributed by atoms with Crippen molar-refractivity contribution in [3.63, 3.8) is 0 Å². The molecule has 6 nitrogen and oxygen atoms in total. The number of furan rings is 1. The Kier molecular flexibility index (Phi) is 6.36. The number of likely N-dealkylation sites (tertiary alicyclic amines) is 1. The van der Waals surface area contributed by atoms with Crippen LogP contribution in [0.3, 0.4) is 0 Å². The molecule has 1 amide bonds. The lowest BCUT2D eigenvalue weighted by Crippen LogP contribution is -2.45. The number of nitrogens with zero attached hydrogens (tertiary/aromatic N) is 3. The molecule has 8 heteroatoms. The maximum atomic E-state index is 12.9. The summed E-state index contributed by atoms with van der Waals surface area (Å²) < 4.78 is 5.79. The van der Waals surface area contributed by atoms with Crippen LogP contribution in [0.2, 0.25) is 5.02 Å². The Morgan fingerprint density at radius 1 is 1.13 bits per heavy atom. The topological polar surface area (TPSA) is 79.5 Å². The lowest BCUT2D eigenvalue weighted by atomic mass is 9.84. The fourth-order valence-electron chi connectivity index (χ4n) is 3.75. The van der Waals surface area contributed by atoms with Gasteiger partial charge in [-0.3, -0.25) is 4.79 Å². The van der Waals surface area contributed by atoms with Crippen molar-refractivity contribution in [2.75, 3.05) is 13.1 Å². The van der Waals surface area contributed by atoms with Gasteiger partial charge in [0.2, 0.25) is 0 Å². The summed E-state index contributed by atoms with van der Waals surface area (Å²) in [6.07, 6.45) is 0.932. The molecule has 4 rings (SSSR count). The van der Waals surface area contributed by atoms with Crippen LogP contribution in [0.15, 0.2) is 52.0 Å². The number of aliphatic hydroxyl groups is 1. The Labute approximate surface area is 190 Å². The number of hydrogen-bond donors (Lipinski definition) is 1. The van der Waals surface area contributed by atoms with E-state index in [1.54, 1.807) is 23.1 Å². The first-order valence-corrected chi connectivity index (χ1v) is 11.5. The van der Waals surface area contributed by atoms with Crippen molar-refractivity contribution in [2.45, 2.75) is 43.2 Å². The first-order valence-electron chi connectivity index (χ1n) is 10.1. The number of amides is 1. The van der Waals surface area contributed by atoms with Crippen molar-refractivity contribution >= 4 is 29.3 Å². The highest BCUT2D eigenvalue weighted by Crippen LogP contribution is 2.34. The summed E-state index contributed by atoms with van der Waals surface area (Å²) in [6, 6.07) is 12.7. The second-order valence-electron chi connectivity index (χ2n) is 7.82. The molecule has 1 N–H and O–H groups in total. The van der Waals surface area contributed by atoms with Gasteiger partial charge < -0.3 is 14.4 Å². The molecule has 1 aliphatic rings. The lowest BCUT2D eigenvalue weighted by Gasteiger charge is -2.38. The third kappa shape index (κ3) is 5.11. The maximum absolute atomic E-state index is 12.9. The average molecular weight is 458 g/mol. The van der Waals surface area contributed by atoms with E-state index in [-0.39, 0.29) is 5.91 Å². The number of carbonyl (C=O) groups excluding carboxylic acids is 1. The highest BCUT2D eigenvalue weighted by atomic mass is 35.5. The number of rotatable bonds is 5. The van der Waals surface area contributed by atoms with Crippen LogP contribution in [0.1, 0.15) is 46.1 Å². The second-order valence-corrected chi connectivity index (χ2v) is 9.20. The van der Waals surface area contributed by atoms with E-state index >= 15 is 0 Å². The molecule has 1 saturated heterocycles. The van der Waals surface area contributed by atoms with Crippen molar-refractivity contribution < 1.29 is 14.3 Å². The number of hydrogen-bond acceptors (Lipinski definition) is 6. The zero-order valence-corrected chi connectivity index (χ0v) is 19.0. The Balaban J connectivity index is 1.35. The van der Waals surface area contributed by atoms with Crippen LogP contribution in [0.4, 0.5) is 0 Å². The minimum absolute atomic E-state index is 0.156. The van der Waals surface area contributed by atoms with Crippen LogP contribution in [-0.4, -0.2) is 39.0 Å². The number of aryl methyl sites for hydroxylation is 2. The zero-order chi connectivity index (χ0) is 22.0. The van der Waals surface area contributed by atoms with Crippen molar-refractivity contribution in [3.8, 4) is 0 Å². The molecular weight excluding hydrogens is 434 g/mol. The molecular formula is C23H24ClN3O3S. The van der Waals surface area contributed by atoms with Crippen LogP contribution in [0.5, 0.6) is 0 Å². The number of benzene rings is 1. The fraction of sp³-hybridized carbons (Fsp3) is 0.348. The summed E-state index contributed by atoms with van der Waals surface area (Å²) in [5, 5.41) is 12.3. The smallest absolute Gasteiger partial charge is 0.289 e. The molecule has 1 fully saturated rings. The molecule has 1 aliphatic heterocycles. The molecule has 31 heavy (non-hydrogen) atoms. The van der Waals surface area contributed by atoms with Gasteiger partial charge in [-0.1, -0.05) is 35.5 Å². The van der Waals surface area contributed by atoms with Gasteiger partial charge >= 0.3 is 0 Å². The monoisotopic (exact) mass is 457 g/mol. The van der Waals surface area contributed by atoms with E-state index in [0.29, 0.717) is 53.4 Å². The first-order chi connectivity index (χ1) is 14.8. The van der Waals surface area contributed by atoms with Gasteiger partial charge in [0.15, 0.2) is 10.9 Å². The molecule has 0 atom stereocenters. The van der Waals surface area contributed by atoms with Gasteiger partial charge in [-0.15, -0.1) is 0 Å². The van der Waals surface area contributed by atoms with Gasteiger partial charge in [0.1, 0.15) is 5.76 Å². The van der Waals surface area contributed by atoms with Crippen molar-refractivity contribution in [3.05, 3.63) is 76.0 Å². The molecule has 3 heterocycles. The van der Waals surface area contributed by atoms with Crippen LogP contribution in [0, 0.1) is 13.8 Å². The molecule has 0 aliphatic carbocycles.